The van der Waals surface area contributed by atoms with Gasteiger partial charge in [0, 0.05) is 37.8 Å². The Morgan fingerprint density at radius 1 is 1.27 bits per heavy atom. The zero-order chi connectivity index (χ0) is 18.3. The number of likely N-dealkylation sites (tertiary alicyclic amines) is 2. The van der Waals surface area contributed by atoms with E-state index >= 15 is 0 Å². The van der Waals surface area contributed by atoms with Gasteiger partial charge >= 0.3 is 0 Å². The summed E-state index contributed by atoms with van der Waals surface area (Å²) in [6.45, 7) is 5.12. The lowest BCUT2D eigenvalue weighted by Gasteiger charge is -2.40. The first-order chi connectivity index (χ1) is 12.5. The molecule has 0 aliphatic carbocycles. The Kier molecular flexibility index (Phi) is 4.73. The number of aryl methyl sites for hydroxylation is 1. The summed E-state index contributed by atoms with van der Waals surface area (Å²) in [4.78, 5) is 21.7. The summed E-state index contributed by atoms with van der Waals surface area (Å²) in [5.41, 5.74) is 7.41. The molecule has 0 saturated carbocycles. The smallest absolute Gasteiger partial charge is 0.241 e. The van der Waals surface area contributed by atoms with Crippen molar-refractivity contribution in [2.75, 3.05) is 33.2 Å². The van der Waals surface area contributed by atoms with Gasteiger partial charge in [0.2, 0.25) is 5.91 Å². The van der Waals surface area contributed by atoms with Crippen LogP contribution in [0.25, 0.3) is 0 Å². The van der Waals surface area contributed by atoms with Crippen LogP contribution in [0.1, 0.15) is 30.5 Å². The van der Waals surface area contributed by atoms with E-state index < -0.39 is 5.60 Å². The molecule has 0 spiro atoms. The van der Waals surface area contributed by atoms with Gasteiger partial charge in [-0.1, -0.05) is 6.07 Å². The van der Waals surface area contributed by atoms with E-state index in [-0.39, 0.29) is 11.9 Å². The molecular weight excluding hydrogens is 330 g/mol. The molecule has 0 aromatic carbocycles. The molecule has 3 aliphatic rings. The fraction of sp³-hybridized carbons (Fsp3) is 0.684. The number of piperidine rings is 2. The topological polar surface area (TPSA) is 80.7 Å². The third-order valence-electron chi connectivity index (χ3n) is 6.27. The number of carbonyl (C=O) groups is 1. The summed E-state index contributed by atoms with van der Waals surface area (Å²) in [6.07, 6.45) is 3.92. The predicted octanol–water partition coefficient (Wildman–Crippen LogP) is -0.00328. The number of amides is 1. The van der Waals surface area contributed by atoms with Crippen molar-refractivity contribution in [1.82, 2.24) is 25.6 Å². The van der Waals surface area contributed by atoms with E-state index in [1.54, 1.807) is 6.20 Å². The van der Waals surface area contributed by atoms with E-state index in [9.17, 15) is 9.90 Å². The van der Waals surface area contributed by atoms with Crippen LogP contribution in [-0.2, 0) is 10.4 Å². The number of hydrazine groups is 1. The van der Waals surface area contributed by atoms with Gasteiger partial charge in [-0.15, -0.1) is 0 Å². The molecule has 3 fully saturated rings. The Hall–Kier alpha value is -1.54. The highest BCUT2D eigenvalue weighted by Crippen LogP contribution is 2.33. The van der Waals surface area contributed by atoms with Crippen molar-refractivity contribution in [2.45, 2.75) is 43.9 Å². The highest BCUT2D eigenvalue weighted by atomic mass is 16.3. The second-order valence-corrected chi connectivity index (χ2v) is 8.17. The van der Waals surface area contributed by atoms with Crippen molar-refractivity contribution >= 4 is 5.91 Å². The van der Waals surface area contributed by atoms with Gasteiger partial charge in [0.05, 0.1) is 5.69 Å². The Bertz CT molecular complexity index is 656. The zero-order valence-electron chi connectivity index (χ0n) is 15.6. The van der Waals surface area contributed by atoms with Crippen LogP contribution in [0.5, 0.6) is 0 Å². The van der Waals surface area contributed by atoms with E-state index in [0.29, 0.717) is 43.6 Å². The molecule has 3 unspecified atom stereocenters. The third kappa shape index (κ3) is 3.24. The molecule has 142 valence electrons. The van der Waals surface area contributed by atoms with Crippen molar-refractivity contribution in [1.29, 1.82) is 0 Å². The first kappa shape index (κ1) is 17.9. The van der Waals surface area contributed by atoms with Crippen LogP contribution < -0.4 is 10.9 Å². The lowest BCUT2D eigenvalue weighted by molar-refractivity contribution is -0.139. The predicted molar refractivity (Wildman–Crippen MR) is 98.1 cm³/mol. The highest BCUT2D eigenvalue weighted by molar-refractivity contribution is 5.83. The monoisotopic (exact) mass is 359 g/mol. The molecule has 7 nitrogen and oxygen atoms in total. The molecule has 1 aromatic rings. The second-order valence-electron chi connectivity index (χ2n) is 8.17. The fourth-order valence-electron chi connectivity index (χ4n) is 4.51. The summed E-state index contributed by atoms with van der Waals surface area (Å²) in [6, 6.07) is 4.08. The van der Waals surface area contributed by atoms with Crippen LogP contribution in [0.15, 0.2) is 18.3 Å². The lowest BCUT2D eigenvalue weighted by atomic mass is 9.85. The molecule has 4 heterocycles. The number of carbonyl (C=O) groups excluding carboxylic acids is 1. The van der Waals surface area contributed by atoms with Gasteiger partial charge in [-0.3, -0.25) is 15.2 Å². The highest BCUT2D eigenvalue weighted by Gasteiger charge is 2.45. The average Bonchev–Trinajstić information content (AvgIpc) is 3.05. The van der Waals surface area contributed by atoms with Crippen LogP contribution in [0.3, 0.4) is 0 Å². The van der Waals surface area contributed by atoms with Crippen LogP contribution in [0.2, 0.25) is 0 Å². The van der Waals surface area contributed by atoms with E-state index in [4.69, 9.17) is 0 Å². The SMILES string of the molecule is Cc1ccc(C2(O)CCN(C(=O)C3NNC4CCN(C)CC43)CC2)nc1. The van der Waals surface area contributed by atoms with Crippen LogP contribution >= 0.6 is 0 Å². The summed E-state index contributed by atoms with van der Waals surface area (Å²) in [5, 5.41) is 11.0. The Morgan fingerprint density at radius 3 is 2.73 bits per heavy atom. The minimum Gasteiger partial charge on any atom is -0.383 e. The number of nitrogens with one attached hydrogen (secondary N) is 2. The van der Waals surface area contributed by atoms with Crippen LogP contribution in [-0.4, -0.2) is 71.1 Å². The number of hydrogen-bond acceptors (Lipinski definition) is 6. The summed E-state index contributed by atoms with van der Waals surface area (Å²) < 4.78 is 0. The maximum atomic E-state index is 13.1. The summed E-state index contributed by atoms with van der Waals surface area (Å²) in [5.74, 6) is 0.458. The average molecular weight is 359 g/mol. The molecule has 3 saturated heterocycles. The first-order valence-electron chi connectivity index (χ1n) is 9.60. The molecule has 3 aliphatic heterocycles. The van der Waals surface area contributed by atoms with Crippen molar-refractivity contribution in [3.8, 4) is 0 Å². The number of hydrogen-bond donors (Lipinski definition) is 3. The molecule has 3 N–H and O–H groups in total. The minimum atomic E-state index is -0.931. The minimum absolute atomic E-state index is 0.152. The standard InChI is InChI=1S/C19H29N5O2/c1-13-3-4-16(20-11-13)19(26)6-9-24(10-7-19)18(25)17-14-12-23(2)8-5-15(14)21-22-17/h3-4,11,14-15,17,21-22,26H,5-10,12H2,1-2H3. The van der Waals surface area contributed by atoms with Crippen LogP contribution in [0, 0.1) is 12.8 Å². The number of aliphatic hydroxyl groups is 1. The quantitative estimate of drug-likeness (QED) is 0.690. The molecule has 0 bridgehead atoms. The molecule has 7 heteroatoms. The van der Waals surface area contributed by atoms with Crippen molar-refractivity contribution < 1.29 is 9.90 Å². The van der Waals surface area contributed by atoms with E-state index in [1.165, 1.54) is 0 Å². The van der Waals surface area contributed by atoms with Crippen molar-refractivity contribution in [3.05, 3.63) is 29.6 Å². The third-order valence-corrected chi connectivity index (χ3v) is 6.27. The second kappa shape index (κ2) is 6.88. The van der Waals surface area contributed by atoms with Crippen molar-refractivity contribution in [3.63, 3.8) is 0 Å². The maximum absolute atomic E-state index is 13.1. The molecule has 1 aromatic heterocycles. The summed E-state index contributed by atoms with van der Waals surface area (Å²) in [7, 11) is 2.12. The number of pyridine rings is 1. The molecule has 4 rings (SSSR count). The normalized spacial score (nSPS) is 31.7. The van der Waals surface area contributed by atoms with Gasteiger partial charge in [0.15, 0.2) is 0 Å². The van der Waals surface area contributed by atoms with Gasteiger partial charge in [-0.2, -0.15) is 0 Å². The van der Waals surface area contributed by atoms with Gasteiger partial charge in [0.25, 0.3) is 0 Å². The van der Waals surface area contributed by atoms with E-state index in [0.717, 1.165) is 25.1 Å². The number of fused-ring (bicyclic) bond motifs is 1. The van der Waals surface area contributed by atoms with E-state index in [1.807, 2.05) is 24.0 Å². The molecule has 26 heavy (non-hydrogen) atoms. The van der Waals surface area contributed by atoms with E-state index in [2.05, 4.69) is 27.8 Å². The van der Waals surface area contributed by atoms with Gasteiger partial charge < -0.3 is 14.9 Å². The number of aromatic nitrogens is 1. The number of nitrogens with zero attached hydrogens (tertiary/aromatic N) is 3. The molecule has 1 amide bonds. The maximum Gasteiger partial charge on any atom is 0.241 e. The fourth-order valence-corrected chi connectivity index (χ4v) is 4.51. The molecule has 3 atom stereocenters. The van der Waals surface area contributed by atoms with Gasteiger partial charge in [0.1, 0.15) is 11.6 Å². The Labute approximate surface area is 154 Å². The summed E-state index contributed by atoms with van der Waals surface area (Å²) >= 11 is 0. The molecule has 0 radical (unpaired) electrons. The number of rotatable bonds is 2. The molecular formula is C19H29N5O2. The van der Waals surface area contributed by atoms with Crippen molar-refractivity contribution in [2.24, 2.45) is 5.92 Å². The van der Waals surface area contributed by atoms with Crippen LogP contribution in [0.4, 0.5) is 0 Å². The Morgan fingerprint density at radius 2 is 2.04 bits per heavy atom. The zero-order valence-corrected chi connectivity index (χ0v) is 15.6. The van der Waals surface area contributed by atoms with Gasteiger partial charge in [-0.25, -0.2) is 5.43 Å². The Balaban J connectivity index is 1.40. The largest absolute Gasteiger partial charge is 0.383 e. The first-order valence-corrected chi connectivity index (χ1v) is 9.60. The van der Waals surface area contributed by atoms with Gasteiger partial charge in [-0.05, 0) is 51.4 Å². The lowest BCUT2D eigenvalue weighted by Crippen LogP contribution is -2.54.